The van der Waals surface area contributed by atoms with Crippen molar-refractivity contribution in [3.63, 3.8) is 0 Å². The van der Waals surface area contributed by atoms with Crippen LogP contribution in [0.4, 0.5) is 5.69 Å². The predicted octanol–water partition coefficient (Wildman–Crippen LogP) is 6.74. The van der Waals surface area contributed by atoms with E-state index in [1.165, 1.54) is 0 Å². The number of benzene rings is 3. The lowest BCUT2D eigenvalue weighted by atomic mass is 9.89. The summed E-state index contributed by atoms with van der Waals surface area (Å²) in [5.74, 6) is 0.404. The largest absolute Gasteiger partial charge is 0.459 e. The molecule has 0 aromatic heterocycles. The Morgan fingerprint density at radius 3 is 2.50 bits per heavy atom. The quantitative estimate of drug-likeness (QED) is 0.258. The number of carbonyl (C=O) groups excluding carboxylic acids is 1. The van der Waals surface area contributed by atoms with E-state index in [0.29, 0.717) is 12.1 Å². The minimum atomic E-state index is -0.331. The first-order valence-corrected chi connectivity index (χ1v) is 11.9. The minimum Gasteiger partial charge on any atom is -0.459 e. The van der Waals surface area contributed by atoms with E-state index in [2.05, 4.69) is 43.2 Å². The van der Waals surface area contributed by atoms with E-state index >= 15 is 0 Å². The summed E-state index contributed by atoms with van der Waals surface area (Å²) in [5, 5.41) is 5.28. The second-order valence-electron chi connectivity index (χ2n) is 8.78. The number of rotatable bonds is 6. The molecule has 0 radical (unpaired) electrons. The van der Waals surface area contributed by atoms with Gasteiger partial charge in [-0.25, -0.2) is 4.79 Å². The van der Waals surface area contributed by atoms with Crippen LogP contribution in [0.5, 0.6) is 0 Å². The van der Waals surface area contributed by atoms with Crippen LogP contribution in [0.25, 0.3) is 33.4 Å². The van der Waals surface area contributed by atoms with Gasteiger partial charge in [0.15, 0.2) is 0 Å². The molecule has 176 valence electrons. The van der Waals surface area contributed by atoms with Crippen LogP contribution in [0, 0.1) is 13.8 Å². The summed E-state index contributed by atoms with van der Waals surface area (Å²) in [4.78, 5) is 17.7. The lowest BCUT2D eigenvalue weighted by Crippen LogP contribution is -2.13. The average molecular weight is 457 g/mol. The van der Waals surface area contributed by atoms with E-state index < -0.39 is 0 Å². The molecule has 4 rings (SSSR count). The summed E-state index contributed by atoms with van der Waals surface area (Å²) in [5.41, 5.74) is 7.23. The van der Waals surface area contributed by atoms with Crippen molar-refractivity contribution in [3.8, 4) is 22.5 Å². The summed E-state index contributed by atoms with van der Waals surface area (Å²) in [7, 11) is 0. The molecule has 1 heterocycles. The van der Waals surface area contributed by atoms with Gasteiger partial charge in [0, 0.05) is 47.4 Å². The normalized spacial score (nSPS) is 12.0. The van der Waals surface area contributed by atoms with Gasteiger partial charge in [0.2, 0.25) is 0 Å². The zero-order valence-electron chi connectivity index (χ0n) is 20.8. The van der Waals surface area contributed by atoms with Crippen LogP contribution in [0.15, 0.2) is 57.9 Å². The zero-order chi connectivity index (χ0) is 24.4. The Morgan fingerprint density at radius 2 is 1.79 bits per heavy atom. The maximum atomic E-state index is 13.1. The second-order valence-corrected chi connectivity index (χ2v) is 8.78. The van der Waals surface area contributed by atoms with E-state index in [4.69, 9.17) is 9.15 Å². The average Bonchev–Trinajstić information content (AvgIpc) is 2.79. The van der Waals surface area contributed by atoms with Crippen LogP contribution in [0.1, 0.15) is 49.2 Å². The first-order valence-electron chi connectivity index (χ1n) is 11.9. The molecule has 2 aliphatic rings. The van der Waals surface area contributed by atoms with Crippen LogP contribution >= 0.6 is 0 Å². The van der Waals surface area contributed by atoms with Crippen LogP contribution in [0.2, 0.25) is 0 Å². The molecule has 0 unspecified atom stereocenters. The highest BCUT2D eigenvalue weighted by Crippen LogP contribution is 2.43. The molecule has 1 aliphatic heterocycles. The molecular weight excluding hydrogens is 424 g/mol. The van der Waals surface area contributed by atoms with Crippen molar-refractivity contribution >= 4 is 22.6 Å². The third kappa shape index (κ3) is 4.43. The smallest absolute Gasteiger partial charge is 0.339 e. The SMILES string of the molecule is CCN=c1cc2oc3cc(NCC)c(C)cc3c(-c3ccccc3C(=O)OC(C)C)c-2cc1C. The maximum absolute atomic E-state index is 13.1. The van der Waals surface area contributed by atoms with Crippen molar-refractivity contribution in [2.45, 2.75) is 47.6 Å². The van der Waals surface area contributed by atoms with Gasteiger partial charge in [-0.05, 0) is 76.4 Å². The van der Waals surface area contributed by atoms with Crippen LogP contribution in [0.3, 0.4) is 0 Å². The molecule has 5 heteroatoms. The molecule has 0 saturated heterocycles. The minimum absolute atomic E-state index is 0.204. The fourth-order valence-electron chi connectivity index (χ4n) is 4.36. The molecule has 0 saturated carbocycles. The lowest BCUT2D eigenvalue weighted by Gasteiger charge is -2.20. The summed E-state index contributed by atoms with van der Waals surface area (Å²) < 4.78 is 12.0. The number of hydrogen-bond donors (Lipinski definition) is 1. The number of esters is 1. The van der Waals surface area contributed by atoms with Crippen LogP contribution in [-0.2, 0) is 4.74 Å². The van der Waals surface area contributed by atoms with Crippen molar-refractivity contribution in [1.29, 1.82) is 0 Å². The highest BCUT2D eigenvalue weighted by molar-refractivity contribution is 6.08. The van der Waals surface area contributed by atoms with Gasteiger partial charge in [-0.1, -0.05) is 18.2 Å². The Labute approximate surface area is 200 Å². The highest BCUT2D eigenvalue weighted by atomic mass is 16.5. The Hall–Kier alpha value is -3.60. The number of fused-ring (bicyclic) bond motifs is 2. The second kappa shape index (κ2) is 9.72. The lowest BCUT2D eigenvalue weighted by molar-refractivity contribution is 0.0379. The van der Waals surface area contributed by atoms with Gasteiger partial charge in [-0.3, -0.25) is 4.99 Å². The number of hydrogen-bond acceptors (Lipinski definition) is 5. The van der Waals surface area contributed by atoms with E-state index in [-0.39, 0.29) is 12.1 Å². The molecule has 1 N–H and O–H groups in total. The molecule has 0 amide bonds. The molecule has 0 fully saturated rings. The number of nitrogens with one attached hydrogen (secondary N) is 1. The number of aryl methyl sites for hydroxylation is 2. The van der Waals surface area contributed by atoms with E-state index in [9.17, 15) is 4.79 Å². The Bertz CT molecular complexity index is 1400. The molecule has 0 spiro atoms. The summed E-state index contributed by atoms with van der Waals surface area (Å²) in [6.45, 7) is 13.5. The molecular formula is C29H32N2O3. The van der Waals surface area contributed by atoms with E-state index in [1.807, 2.05) is 57.2 Å². The standard InChI is InChI=1S/C29H32N2O3/c1-7-30-24-15-26-22(13-18(24)5)28(20-11-9-10-12-21(20)29(32)33-17(3)4)23-14-19(6)25(31-8-2)16-27(23)34-26/h9-17,30H,7-8H2,1-6H3. The molecule has 1 aliphatic carbocycles. The third-order valence-electron chi connectivity index (χ3n) is 5.84. The van der Waals surface area contributed by atoms with Crippen molar-refractivity contribution < 1.29 is 13.9 Å². The van der Waals surface area contributed by atoms with E-state index in [0.717, 1.165) is 62.1 Å². The fourth-order valence-corrected chi connectivity index (χ4v) is 4.36. The third-order valence-corrected chi connectivity index (χ3v) is 5.84. The number of carbonyl (C=O) groups is 1. The molecule has 34 heavy (non-hydrogen) atoms. The fraction of sp³-hybridized carbons (Fsp3) is 0.310. The van der Waals surface area contributed by atoms with Gasteiger partial charge in [0.1, 0.15) is 11.3 Å². The summed E-state index contributed by atoms with van der Waals surface area (Å²) >= 11 is 0. The topological polar surface area (TPSA) is 63.8 Å². The van der Waals surface area contributed by atoms with Gasteiger partial charge in [0.05, 0.1) is 17.0 Å². The summed E-state index contributed by atoms with van der Waals surface area (Å²) in [6.07, 6.45) is -0.204. The van der Waals surface area contributed by atoms with Gasteiger partial charge in [-0.2, -0.15) is 0 Å². The van der Waals surface area contributed by atoms with Crippen molar-refractivity contribution in [3.05, 3.63) is 70.6 Å². The first kappa shape index (κ1) is 23.6. The highest BCUT2D eigenvalue weighted by Gasteiger charge is 2.23. The van der Waals surface area contributed by atoms with Crippen molar-refractivity contribution in [2.75, 3.05) is 18.4 Å². The van der Waals surface area contributed by atoms with Crippen LogP contribution in [-0.4, -0.2) is 25.2 Å². The molecule has 5 nitrogen and oxygen atoms in total. The number of nitrogens with zero attached hydrogens (tertiary/aromatic N) is 1. The Kier molecular flexibility index (Phi) is 6.73. The van der Waals surface area contributed by atoms with Crippen LogP contribution < -0.4 is 10.7 Å². The monoisotopic (exact) mass is 456 g/mol. The Balaban J connectivity index is 2.13. The van der Waals surface area contributed by atoms with Gasteiger partial charge >= 0.3 is 5.97 Å². The van der Waals surface area contributed by atoms with Crippen molar-refractivity contribution in [1.82, 2.24) is 0 Å². The molecule has 0 bridgehead atoms. The molecule has 2 aromatic carbocycles. The first-order chi connectivity index (χ1) is 16.3. The van der Waals surface area contributed by atoms with Crippen molar-refractivity contribution in [2.24, 2.45) is 4.99 Å². The molecule has 0 atom stereocenters. The van der Waals surface area contributed by atoms with Gasteiger partial charge in [0.25, 0.3) is 0 Å². The predicted molar refractivity (Wildman–Crippen MR) is 139 cm³/mol. The summed E-state index contributed by atoms with van der Waals surface area (Å²) in [6, 6.07) is 15.9. The maximum Gasteiger partial charge on any atom is 0.339 e. The van der Waals surface area contributed by atoms with E-state index in [1.54, 1.807) is 0 Å². The van der Waals surface area contributed by atoms with Gasteiger partial charge < -0.3 is 14.5 Å². The number of anilines is 1. The zero-order valence-corrected chi connectivity index (χ0v) is 20.8. The number of ether oxygens (including phenoxy) is 1. The Morgan fingerprint density at radius 1 is 1.03 bits per heavy atom. The van der Waals surface area contributed by atoms with Gasteiger partial charge in [-0.15, -0.1) is 0 Å². The molecule has 2 aromatic rings.